The normalized spacial score (nSPS) is 11.4. The number of aromatic nitrogens is 5. The molecule has 4 heterocycles. The number of fused-ring (bicyclic) bond motifs is 1. The maximum absolute atomic E-state index is 14.6. The number of pyridine rings is 3. The molecule has 6 nitrogen and oxygen atoms in total. The van der Waals surface area contributed by atoms with Gasteiger partial charge in [-0.15, -0.1) is 0 Å². The van der Waals surface area contributed by atoms with E-state index in [4.69, 9.17) is 11.6 Å². The van der Waals surface area contributed by atoms with Crippen LogP contribution in [0, 0.1) is 5.82 Å². The molecule has 0 fully saturated rings. The summed E-state index contributed by atoms with van der Waals surface area (Å²) < 4.78 is 16.6. The summed E-state index contributed by atoms with van der Waals surface area (Å²) in [4.78, 5) is 15.6. The van der Waals surface area contributed by atoms with Crippen molar-refractivity contribution in [3.05, 3.63) is 84.3 Å². The highest BCUT2D eigenvalue weighted by Crippen LogP contribution is 2.34. The SMILES string of the molecule is CN(C)CCn1cc(-c2cncc(-c3cc(-c4cc(Cl)ccc4F)nc4ncccc34)c2)cn1. The largest absolute Gasteiger partial charge is 0.308 e. The van der Waals surface area contributed by atoms with Crippen LogP contribution in [-0.2, 0) is 6.54 Å². The summed E-state index contributed by atoms with van der Waals surface area (Å²) in [7, 11) is 4.07. The highest BCUT2D eigenvalue weighted by atomic mass is 35.5. The third-order valence-electron chi connectivity index (χ3n) is 5.58. The molecule has 34 heavy (non-hydrogen) atoms. The van der Waals surface area contributed by atoms with Gasteiger partial charge in [0.2, 0.25) is 0 Å². The zero-order chi connectivity index (χ0) is 23.7. The monoisotopic (exact) mass is 472 g/mol. The number of rotatable bonds is 6. The first-order valence-corrected chi connectivity index (χ1v) is 11.2. The summed E-state index contributed by atoms with van der Waals surface area (Å²) in [5.41, 5.74) is 4.97. The van der Waals surface area contributed by atoms with Gasteiger partial charge in [-0.1, -0.05) is 11.6 Å². The van der Waals surface area contributed by atoms with Crippen molar-refractivity contribution in [2.24, 2.45) is 0 Å². The second-order valence-corrected chi connectivity index (χ2v) is 8.75. The van der Waals surface area contributed by atoms with Crippen molar-refractivity contribution in [3.63, 3.8) is 0 Å². The van der Waals surface area contributed by atoms with Crippen molar-refractivity contribution < 1.29 is 4.39 Å². The van der Waals surface area contributed by atoms with E-state index in [-0.39, 0.29) is 0 Å². The minimum absolute atomic E-state index is 0.326. The van der Waals surface area contributed by atoms with Crippen molar-refractivity contribution in [2.45, 2.75) is 6.54 Å². The quantitative estimate of drug-likeness (QED) is 0.323. The fourth-order valence-electron chi connectivity index (χ4n) is 3.81. The molecule has 1 aromatic carbocycles. The summed E-state index contributed by atoms with van der Waals surface area (Å²) >= 11 is 6.14. The van der Waals surface area contributed by atoms with E-state index < -0.39 is 5.82 Å². The molecule has 0 saturated carbocycles. The topological polar surface area (TPSA) is 59.7 Å². The molecule has 4 aromatic heterocycles. The lowest BCUT2D eigenvalue weighted by Crippen LogP contribution is -2.18. The van der Waals surface area contributed by atoms with Gasteiger partial charge in [-0.05, 0) is 62.1 Å². The molecular formula is C26H22ClFN6. The number of hydrogen-bond acceptors (Lipinski definition) is 5. The van der Waals surface area contributed by atoms with Gasteiger partial charge >= 0.3 is 0 Å². The summed E-state index contributed by atoms with van der Waals surface area (Å²) in [6.07, 6.45) is 9.14. The van der Waals surface area contributed by atoms with Crippen LogP contribution < -0.4 is 0 Å². The van der Waals surface area contributed by atoms with Gasteiger partial charge in [-0.3, -0.25) is 9.67 Å². The van der Waals surface area contributed by atoms with E-state index in [1.165, 1.54) is 12.1 Å². The molecule has 5 rings (SSSR count). The predicted molar refractivity (Wildman–Crippen MR) is 133 cm³/mol. The molecule has 0 spiro atoms. The lowest BCUT2D eigenvalue weighted by molar-refractivity contribution is 0.373. The van der Waals surface area contributed by atoms with Gasteiger partial charge in [0.25, 0.3) is 0 Å². The smallest absolute Gasteiger partial charge is 0.160 e. The molecule has 170 valence electrons. The molecule has 0 amide bonds. The molecule has 0 aliphatic heterocycles. The van der Waals surface area contributed by atoms with Crippen LogP contribution in [0.3, 0.4) is 0 Å². The standard InChI is InChI=1S/C26H22ClFN6/c1-33(2)8-9-34-16-19(15-31-34)17-10-18(14-29-13-17)22-12-25(23-11-20(27)5-6-24(23)28)32-26-21(22)4-3-7-30-26/h3-7,10-16H,8-9H2,1-2H3. The molecule has 0 radical (unpaired) electrons. The Morgan fingerprint density at radius 2 is 1.82 bits per heavy atom. The van der Waals surface area contributed by atoms with Crippen LogP contribution in [0.25, 0.3) is 44.5 Å². The summed E-state index contributed by atoms with van der Waals surface area (Å²) in [5.74, 6) is -0.393. The zero-order valence-electron chi connectivity index (χ0n) is 18.8. The van der Waals surface area contributed by atoms with Gasteiger partial charge in [0.15, 0.2) is 5.65 Å². The first-order chi connectivity index (χ1) is 16.5. The Hall–Kier alpha value is -3.68. The van der Waals surface area contributed by atoms with E-state index in [0.29, 0.717) is 21.9 Å². The van der Waals surface area contributed by atoms with Crippen LogP contribution in [0.1, 0.15) is 0 Å². The molecular weight excluding hydrogens is 451 g/mol. The number of nitrogens with zero attached hydrogens (tertiary/aromatic N) is 6. The van der Waals surface area contributed by atoms with Crippen molar-refractivity contribution in [2.75, 3.05) is 20.6 Å². The average Bonchev–Trinajstić information content (AvgIpc) is 3.33. The highest BCUT2D eigenvalue weighted by Gasteiger charge is 2.15. The lowest BCUT2D eigenvalue weighted by Gasteiger charge is -2.11. The molecule has 0 bridgehead atoms. The second kappa shape index (κ2) is 9.29. The van der Waals surface area contributed by atoms with E-state index in [2.05, 4.69) is 31.0 Å². The zero-order valence-corrected chi connectivity index (χ0v) is 19.5. The second-order valence-electron chi connectivity index (χ2n) is 8.31. The van der Waals surface area contributed by atoms with Crippen molar-refractivity contribution in [1.29, 1.82) is 0 Å². The van der Waals surface area contributed by atoms with Gasteiger partial charge < -0.3 is 4.90 Å². The first-order valence-electron chi connectivity index (χ1n) is 10.8. The Bertz CT molecular complexity index is 1480. The van der Waals surface area contributed by atoms with E-state index in [9.17, 15) is 4.39 Å². The maximum atomic E-state index is 14.6. The molecule has 0 N–H and O–H groups in total. The van der Waals surface area contributed by atoms with E-state index in [0.717, 1.165) is 40.7 Å². The molecule has 0 aliphatic rings. The van der Waals surface area contributed by atoms with Crippen LogP contribution in [-0.4, -0.2) is 50.3 Å². The van der Waals surface area contributed by atoms with Crippen molar-refractivity contribution in [3.8, 4) is 33.5 Å². The van der Waals surface area contributed by atoms with Gasteiger partial charge in [-0.25, -0.2) is 14.4 Å². The van der Waals surface area contributed by atoms with Gasteiger partial charge in [0, 0.05) is 64.0 Å². The molecule has 0 unspecified atom stereocenters. The van der Waals surface area contributed by atoms with Crippen LogP contribution in [0.2, 0.25) is 5.02 Å². The Kier molecular flexibility index (Phi) is 6.04. The van der Waals surface area contributed by atoms with Gasteiger partial charge in [-0.2, -0.15) is 5.10 Å². The highest BCUT2D eigenvalue weighted by molar-refractivity contribution is 6.30. The number of benzene rings is 1. The first kappa shape index (κ1) is 22.1. The van der Waals surface area contributed by atoms with Gasteiger partial charge in [0.05, 0.1) is 18.4 Å². The average molecular weight is 473 g/mol. The fourth-order valence-corrected chi connectivity index (χ4v) is 3.98. The van der Waals surface area contributed by atoms with E-state index >= 15 is 0 Å². The van der Waals surface area contributed by atoms with Crippen LogP contribution in [0.4, 0.5) is 4.39 Å². The van der Waals surface area contributed by atoms with Crippen LogP contribution in [0.15, 0.2) is 73.4 Å². The summed E-state index contributed by atoms with van der Waals surface area (Å²) in [6, 6.07) is 12.2. The fraction of sp³-hybridized carbons (Fsp3) is 0.154. The summed E-state index contributed by atoms with van der Waals surface area (Å²) in [5, 5.41) is 5.77. The molecule has 5 aromatic rings. The van der Waals surface area contributed by atoms with Crippen LogP contribution in [0.5, 0.6) is 0 Å². The molecule has 0 aliphatic carbocycles. The van der Waals surface area contributed by atoms with Crippen molar-refractivity contribution in [1.82, 2.24) is 29.6 Å². The Morgan fingerprint density at radius 3 is 2.68 bits per heavy atom. The Morgan fingerprint density at radius 1 is 0.971 bits per heavy atom. The molecule has 8 heteroatoms. The number of halogens is 2. The maximum Gasteiger partial charge on any atom is 0.160 e. The predicted octanol–water partition coefficient (Wildman–Crippen LogP) is 5.58. The van der Waals surface area contributed by atoms with Gasteiger partial charge in [0.1, 0.15) is 5.82 Å². The minimum atomic E-state index is -0.393. The minimum Gasteiger partial charge on any atom is -0.308 e. The van der Waals surface area contributed by atoms with E-state index in [1.54, 1.807) is 18.5 Å². The number of hydrogen-bond donors (Lipinski definition) is 0. The Labute approximate surface area is 201 Å². The Balaban J connectivity index is 1.60. The molecule has 0 saturated heterocycles. The third kappa shape index (κ3) is 4.53. The molecule has 0 atom stereocenters. The van der Waals surface area contributed by atoms with E-state index in [1.807, 2.05) is 55.6 Å². The van der Waals surface area contributed by atoms with Crippen LogP contribution >= 0.6 is 11.6 Å². The summed E-state index contributed by atoms with van der Waals surface area (Å²) in [6.45, 7) is 1.70. The number of likely N-dealkylation sites (N-methyl/N-ethyl adjacent to an activating group) is 1. The lowest BCUT2D eigenvalue weighted by atomic mass is 9.99. The van der Waals surface area contributed by atoms with Crippen molar-refractivity contribution >= 4 is 22.6 Å². The third-order valence-corrected chi connectivity index (χ3v) is 5.82.